The second-order valence-electron chi connectivity index (χ2n) is 2.43. The van der Waals surface area contributed by atoms with Crippen LogP contribution in [-0.4, -0.2) is 43.7 Å². The summed E-state index contributed by atoms with van der Waals surface area (Å²) < 4.78 is 22.2. The first-order chi connectivity index (χ1) is 7.02. The van der Waals surface area contributed by atoms with E-state index in [0.29, 0.717) is 0 Å². The van der Waals surface area contributed by atoms with Gasteiger partial charge in [0.15, 0.2) is 12.3 Å². The highest BCUT2D eigenvalue weighted by Gasteiger charge is 2.28. The molecule has 0 heterocycles. The molecule has 0 aliphatic heterocycles. The first-order valence-electron chi connectivity index (χ1n) is 3.95. The van der Waals surface area contributed by atoms with Gasteiger partial charge in [0.05, 0.1) is 18.2 Å². The van der Waals surface area contributed by atoms with Crippen molar-refractivity contribution < 1.29 is 23.5 Å². The van der Waals surface area contributed by atoms with Crippen molar-refractivity contribution in [3.63, 3.8) is 0 Å². The highest BCUT2D eigenvalue weighted by atomic mass is 79.9. The Bertz CT molecular complexity index is 225. The van der Waals surface area contributed by atoms with Crippen LogP contribution in [-0.2, 0) is 14.3 Å². The minimum Gasteiger partial charge on any atom is -0.438 e. The van der Waals surface area contributed by atoms with Crippen LogP contribution in [0.15, 0.2) is 5.16 Å². The van der Waals surface area contributed by atoms with E-state index in [-0.39, 0.29) is 0 Å². The van der Waals surface area contributed by atoms with Crippen LogP contribution in [0.3, 0.4) is 0 Å². The molecule has 0 rings (SSSR count). The number of nitrogens with zero attached hydrogens (tertiary/aromatic N) is 1. The van der Waals surface area contributed by atoms with Gasteiger partial charge >= 0.3 is 6.16 Å². The molecular formula is C8H12BrFNO4. The molecular weight excluding hydrogens is 273 g/mol. The summed E-state index contributed by atoms with van der Waals surface area (Å²) in [7, 11) is 2.40. The molecule has 7 heteroatoms. The van der Waals surface area contributed by atoms with Crippen molar-refractivity contribution >= 4 is 28.3 Å². The van der Waals surface area contributed by atoms with Crippen LogP contribution in [0.5, 0.6) is 0 Å². The van der Waals surface area contributed by atoms with Gasteiger partial charge in [-0.3, -0.25) is 0 Å². The standard InChI is InChI=1S/C8H12BrFNO4/c1-5(9)7(15-8(12)13-2)6(10)4-11-14-3/h4-7H,1H2,2-3H3/b11-4+/t5-,6+,7+/m0/s1. The number of oxime groups is 1. The van der Waals surface area contributed by atoms with Crippen LogP contribution in [0.25, 0.3) is 0 Å². The number of ether oxygens (including phenoxy) is 2. The van der Waals surface area contributed by atoms with Gasteiger partial charge in [-0.05, 0) is 6.92 Å². The van der Waals surface area contributed by atoms with Crippen LogP contribution in [0, 0.1) is 6.92 Å². The molecule has 0 aliphatic rings. The zero-order valence-electron chi connectivity index (χ0n) is 8.35. The molecule has 0 aromatic rings. The Morgan fingerprint density at radius 3 is 2.60 bits per heavy atom. The number of methoxy groups -OCH3 is 1. The molecule has 0 fully saturated rings. The summed E-state index contributed by atoms with van der Waals surface area (Å²) in [6.07, 6.45) is -2.88. The lowest BCUT2D eigenvalue weighted by atomic mass is 10.2. The highest BCUT2D eigenvalue weighted by Crippen LogP contribution is 2.15. The number of halogens is 2. The Labute approximate surface area is 95.7 Å². The molecule has 5 nitrogen and oxygen atoms in total. The van der Waals surface area contributed by atoms with Crippen LogP contribution in [0.2, 0.25) is 0 Å². The van der Waals surface area contributed by atoms with Crippen LogP contribution < -0.4 is 0 Å². The number of alkyl halides is 2. The Hall–Kier alpha value is -0.850. The van der Waals surface area contributed by atoms with E-state index in [1.165, 1.54) is 7.11 Å². The Balaban J connectivity index is 4.37. The Morgan fingerprint density at radius 2 is 2.20 bits per heavy atom. The van der Waals surface area contributed by atoms with Gasteiger partial charge < -0.3 is 14.3 Å². The molecule has 0 aromatic heterocycles. The average molecular weight is 285 g/mol. The molecule has 0 saturated carbocycles. The smallest absolute Gasteiger partial charge is 0.438 e. The summed E-state index contributed by atoms with van der Waals surface area (Å²) >= 11 is 3.00. The maximum Gasteiger partial charge on any atom is 0.508 e. The third-order valence-electron chi connectivity index (χ3n) is 1.38. The fourth-order valence-electron chi connectivity index (χ4n) is 0.701. The van der Waals surface area contributed by atoms with Gasteiger partial charge in [-0.25, -0.2) is 9.18 Å². The molecule has 0 aromatic carbocycles. The topological polar surface area (TPSA) is 57.1 Å². The van der Waals surface area contributed by atoms with Crippen molar-refractivity contribution in [3.05, 3.63) is 6.92 Å². The predicted octanol–water partition coefficient (Wildman–Crippen LogP) is 1.71. The van der Waals surface area contributed by atoms with Gasteiger partial charge in [-0.15, -0.1) is 0 Å². The van der Waals surface area contributed by atoms with E-state index in [4.69, 9.17) is 0 Å². The van der Waals surface area contributed by atoms with Gasteiger partial charge in [0.1, 0.15) is 7.11 Å². The first kappa shape index (κ1) is 14.2. The van der Waals surface area contributed by atoms with Crippen LogP contribution in [0.4, 0.5) is 9.18 Å². The summed E-state index contributed by atoms with van der Waals surface area (Å²) in [6.45, 7) is 3.50. The Morgan fingerprint density at radius 1 is 1.60 bits per heavy atom. The quantitative estimate of drug-likeness (QED) is 0.334. The molecule has 0 spiro atoms. The summed E-state index contributed by atoms with van der Waals surface area (Å²) in [5, 5.41) is 3.23. The zero-order chi connectivity index (χ0) is 11.8. The van der Waals surface area contributed by atoms with Crippen molar-refractivity contribution in [1.29, 1.82) is 0 Å². The van der Waals surface area contributed by atoms with Gasteiger partial charge in [-0.1, -0.05) is 21.1 Å². The monoisotopic (exact) mass is 284 g/mol. The number of carbonyl (C=O) groups is 1. The molecule has 3 atom stereocenters. The molecule has 0 aliphatic carbocycles. The van der Waals surface area contributed by atoms with E-state index in [1.54, 1.807) is 0 Å². The number of hydrogen-bond acceptors (Lipinski definition) is 5. The number of rotatable bonds is 5. The second-order valence-corrected chi connectivity index (χ2v) is 3.61. The second kappa shape index (κ2) is 7.44. The summed E-state index contributed by atoms with van der Waals surface area (Å²) in [5.41, 5.74) is 0. The van der Waals surface area contributed by atoms with E-state index in [1.807, 2.05) is 0 Å². The fraction of sp³-hybridized carbons (Fsp3) is 0.625. The van der Waals surface area contributed by atoms with Crippen molar-refractivity contribution in [2.45, 2.75) is 17.1 Å². The predicted molar refractivity (Wildman–Crippen MR) is 55.7 cm³/mol. The van der Waals surface area contributed by atoms with Gasteiger partial charge in [-0.2, -0.15) is 0 Å². The number of hydrogen-bond donors (Lipinski definition) is 0. The summed E-state index contributed by atoms with van der Waals surface area (Å²) in [5.74, 6) is 0. The van der Waals surface area contributed by atoms with E-state index in [9.17, 15) is 9.18 Å². The third-order valence-corrected chi connectivity index (χ3v) is 1.90. The van der Waals surface area contributed by atoms with Crippen LogP contribution in [0.1, 0.15) is 0 Å². The molecule has 0 unspecified atom stereocenters. The van der Waals surface area contributed by atoms with E-state index >= 15 is 0 Å². The molecule has 15 heavy (non-hydrogen) atoms. The molecule has 1 radical (unpaired) electrons. The lowest BCUT2D eigenvalue weighted by molar-refractivity contribution is 0.0210. The van der Waals surface area contributed by atoms with Gasteiger partial charge in [0.2, 0.25) is 0 Å². The van der Waals surface area contributed by atoms with Crippen molar-refractivity contribution in [2.24, 2.45) is 5.16 Å². The molecule has 0 saturated heterocycles. The summed E-state index contributed by atoms with van der Waals surface area (Å²) in [4.78, 5) is 14.4. The van der Waals surface area contributed by atoms with E-state index in [2.05, 4.69) is 42.3 Å². The van der Waals surface area contributed by atoms with Crippen molar-refractivity contribution in [3.8, 4) is 0 Å². The first-order valence-corrected chi connectivity index (χ1v) is 4.87. The minimum absolute atomic E-state index is 0.630. The van der Waals surface area contributed by atoms with Gasteiger partial charge in [0.25, 0.3) is 0 Å². The van der Waals surface area contributed by atoms with Crippen molar-refractivity contribution in [1.82, 2.24) is 0 Å². The molecule has 0 N–H and O–H groups in total. The minimum atomic E-state index is -1.63. The molecule has 0 amide bonds. The van der Waals surface area contributed by atoms with Gasteiger partial charge in [0, 0.05) is 0 Å². The third kappa shape index (κ3) is 5.56. The average Bonchev–Trinajstić information content (AvgIpc) is 2.21. The lowest BCUT2D eigenvalue weighted by Gasteiger charge is -2.20. The molecule has 0 bridgehead atoms. The normalized spacial score (nSPS) is 16.9. The molecule has 87 valence electrons. The summed E-state index contributed by atoms with van der Waals surface area (Å²) in [6, 6.07) is 0. The van der Waals surface area contributed by atoms with E-state index < -0.39 is 23.3 Å². The zero-order valence-corrected chi connectivity index (χ0v) is 9.94. The lowest BCUT2D eigenvalue weighted by Crippen LogP contribution is -2.35. The highest BCUT2D eigenvalue weighted by molar-refractivity contribution is 9.09. The Kier molecular flexibility index (Phi) is 7.02. The van der Waals surface area contributed by atoms with E-state index in [0.717, 1.165) is 13.3 Å². The van der Waals surface area contributed by atoms with Crippen molar-refractivity contribution in [2.75, 3.05) is 14.2 Å². The fourth-order valence-corrected chi connectivity index (χ4v) is 1.10. The maximum atomic E-state index is 13.4. The maximum absolute atomic E-state index is 13.4. The SMILES string of the molecule is [CH2][C@H](Br)[C@@H](OC(=O)OC)[C@H](F)/C=N/OC. The number of carbonyl (C=O) groups excluding carboxylic acids is 1. The largest absolute Gasteiger partial charge is 0.508 e. The van der Waals surface area contributed by atoms with Crippen LogP contribution >= 0.6 is 15.9 Å².